The molecule has 0 amide bonds. The predicted octanol–water partition coefficient (Wildman–Crippen LogP) is 14.6. The SMILES string of the molecule is c1ccc(-c2ccc(N(c3cccc4sc5ccccc5c34)c3cccc4sc5ccc6oc7c8ccccc8ccc7c6c5c34)cc2)cc1. The molecule has 0 unspecified atom stereocenters. The lowest BCUT2D eigenvalue weighted by molar-refractivity contribution is 0.673. The Bertz CT molecular complexity index is 3090. The average Bonchev–Trinajstić information content (AvgIpc) is 3.87. The van der Waals surface area contributed by atoms with Gasteiger partial charge in [0.2, 0.25) is 0 Å². The lowest BCUT2D eigenvalue weighted by Crippen LogP contribution is -2.10. The van der Waals surface area contributed by atoms with Crippen LogP contribution in [0.3, 0.4) is 0 Å². The summed E-state index contributed by atoms with van der Waals surface area (Å²) in [6, 6.07) is 59.4. The zero-order valence-corrected chi connectivity index (χ0v) is 28.4. The highest BCUT2D eigenvalue weighted by molar-refractivity contribution is 7.26. The summed E-state index contributed by atoms with van der Waals surface area (Å²) in [5, 5.41) is 9.73. The lowest BCUT2D eigenvalue weighted by atomic mass is 10.0. The van der Waals surface area contributed by atoms with Crippen molar-refractivity contribution in [1.29, 1.82) is 0 Å². The fourth-order valence-electron chi connectivity index (χ4n) is 7.85. The van der Waals surface area contributed by atoms with E-state index in [2.05, 4.69) is 169 Å². The van der Waals surface area contributed by atoms with Gasteiger partial charge < -0.3 is 9.32 Å². The summed E-state index contributed by atoms with van der Waals surface area (Å²) in [7, 11) is 0. The van der Waals surface area contributed by atoms with Crippen molar-refractivity contribution in [1.82, 2.24) is 0 Å². The van der Waals surface area contributed by atoms with Gasteiger partial charge in [0.25, 0.3) is 0 Å². The minimum absolute atomic E-state index is 0.919. The second kappa shape index (κ2) is 10.8. The van der Waals surface area contributed by atoms with Crippen molar-refractivity contribution >= 4 is 113 Å². The third kappa shape index (κ3) is 4.07. The third-order valence-corrected chi connectivity index (χ3v) is 12.3. The number of furan rings is 1. The van der Waals surface area contributed by atoms with E-state index in [4.69, 9.17) is 4.42 Å². The molecule has 234 valence electrons. The predicted molar refractivity (Wildman–Crippen MR) is 217 cm³/mol. The smallest absolute Gasteiger partial charge is 0.143 e. The van der Waals surface area contributed by atoms with Crippen LogP contribution in [-0.2, 0) is 0 Å². The topological polar surface area (TPSA) is 16.4 Å². The van der Waals surface area contributed by atoms with Gasteiger partial charge in [-0.05, 0) is 77.2 Å². The lowest BCUT2D eigenvalue weighted by Gasteiger charge is -2.27. The first kappa shape index (κ1) is 28.0. The molecular formula is C46H27NOS2. The molecule has 0 saturated heterocycles. The zero-order chi connectivity index (χ0) is 32.8. The normalized spacial score (nSPS) is 12.0. The van der Waals surface area contributed by atoms with E-state index in [1.54, 1.807) is 0 Å². The van der Waals surface area contributed by atoms with Crippen LogP contribution in [0.5, 0.6) is 0 Å². The molecule has 0 N–H and O–H groups in total. The number of nitrogens with zero attached hydrogens (tertiary/aromatic N) is 1. The Morgan fingerprint density at radius 2 is 1.02 bits per heavy atom. The van der Waals surface area contributed by atoms with Crippen LogP contribution in [0.1, 0.15) is 0 Å². The largest absolute Gasteiger partial charge is 0.455 e. The maximum atomic E-state index is 6.70. The maximum Gasteiger partial charge on any atom is 0.143 e. The summed E-state index contributed by atoms with van der Waals surface area (Å²) in [6.45, 7) is 0. The van der Waals surface area contributed by atoms with Gasteiger partial charge in [0.1, 0.15) is 11.2 Å². The van der Waals surface area contributed by atoms with Crippen LogP contribution in [0.25, 0.3) is 84.2 Å². The summed E-state index contributed by atoms with van der Waals surface area (Å²) in [6.07, 6.45) is 0. The molecule has 3 heterocycles. The molecule has 3 aromatic heterocycles. The molecule has 4 heteroatoms. The van der Waals surface area contributed by atoms with Crippen LogP contribution in [-0.4, -0.2) is 0 Å². The number of hydrogen-bond donors (Lipinski definition) is 0. The Morgan fingerprint density at radius 1 is 0.380 bits per heavy atom. The molecule has 11 rings (SSSR count). The van der Waals surface area contributed by atoms with E-state index in [-0.39, 0.29) is 0 Å². The fraction of sp³-hybridized carbons (Fsp3) is 0. The van der Waals surface area contributed by atoms with Gasteiger partial charge in [-0.2, -0.15) is 0 Å². The van der Waals surface area contributed by atoms with Crippen molar-refractivity contribution in [2.45, 2.75) is 0 Å². The van der Waals surface area contributed by atoms with E-state index in [0.717, 1.165) is 33.3 Å². The van der Waals surface area contributed by atoms with Crippen LogP contribution >= 0.6 is 22.7 Å². The summed E-state index contributed by atoms with van der Waals surface area (Å²) in [5.74, 6) is 0. The van der Waals surface area contributed by atoms with E-state index in [9.17, 15) is 0 Å². The average molecular weight is 674 g/mol. The molecule has 50 heavy (non-hydrogen) atoms. The van der Waals surface area contributed by atoms with E-state index in [0.29, 0.717) is 0 Å². The number of benzene rings is 8. The summed E-state index contributed by atoms with van der Waals surface area (Å²) < 4.78 is 11.8. The number of thiophene rings is 2. The molecule has 0 aliphatic carbocycles. The maximum absolute atomic E-state index is 6.70. The first-order valence-corrected chi connectivity index (χ1v) is 18.5. The third-order valence-electron chi connectivity index (χ3n) is 10.1. The summed E-state index contributed by atoms with van der Waals surface area (Å²) in [4.78, 5) is 2.49. The molecule has 8 aromatic carbocycles. The molecule has 0 aliphatic heterocycles. The first-order chi connectivity index (χ1) is 24.8. The van der Waals surface area contributed by atoms with E-state index >= 15 is 0 Å². The number of anilines is 3. The molecule has 0 spiro atoms. The number of fused-ring (bicyclic) bond motifs is 12. The van der Waals surface area contributed by atoms with Gasteiger partial charge in [0.15, 0.2) is 0 Å². The fourth-order valence-corrected chi connectivity index (χ4v) is 10.1. The molecule has 0 aliphatic rings. The summed E-state index contributed by atoms with van der Waals surface area (Å²) >= 11 is 3.71. The standard InChI is InChI=1S/C46H27NOS2/c1-2-10-28(11-3-1)29-20-23-31(24-21-29)47(35-15-8-18-39-42(35)33-14-6-7-17-38(33)49-39)36-16-9-19-40-44(36)45-41(50-40)27-26-37-43(45)34-25-22-30-12-4-5-13-32(30)46(34)48-37/h1-27H. The van der Waals surface area contributed by atoms with Crippen LogP contribution in [0.4, 0.5) is 17.1 Å². The Hall–Kier alpha value is -5.94. The summed E-state index contributed by atoms with van der Waals surface area (Å²) in [5.41, 5.74) is 7.74. The van der Waals surface area contributed by atoms with Crippen molar-refractivity contribution in [2.75, 3.05) is 4.90 Å². The van der Waals surface area contributed by atoms with Gasteiger partial charge in [-0.3, -0.25) is 0 Å². The van der Waals surface area contributed by atoms with Gasteiger partial charge in [0, 0.05) is 62.2 Å². The molecule has 0 atom stereocenters. The molecule has 0 fully saturated rings. The molecule has 0 bridgehead atoms. The molecule has 0 saturated carbocycles. The van der Waals surface area contributed by atoms with Gasteiger partial charge in [0.05, 0.1) is 11.4 Å². The number of hydrogen-bond acceptors (Lipinski definition) is 4. The van der Waals surface area contributed by atoms with Crippen molar-refractivity contribution in [3.63, 3.8) is 0 Å². The first-order valence-electron chi connectivity index (χ1n) is 16.8. The minimum atomic E-state index is 0.919. The van der Waals surface area contributed by atoms with Crippen LogP contribution in [0.15, 0.2) is 168 Å². The van der Waals surface area contributed by atoms with Gasteiger partial charge in [-0.1, -0.05) is 103 Å². The van der Waals surface area contributed by atoms with Crippen LogP contribution in [0, 0.1) is 0 Å². The van der Waals surface area contributed by atoms with E-state index in [1.807, 2.05) is 22.7 Å². The molecule has 0 radical (unpaired) electrons. The minimum Gasteiger partial charge on any atom is -0.455 e. The van der Waals surface area contributed by atoms with E-state index in [1.165, 1.54) is 67.9 Å². The van der Waals surface area contributed by atoms with Crippen molar-refractivity contribution in [3.8, 4) is 11.1 Å². The Morgan fingerprint density at radius 3 is 1.86 bits per heavy atom. The van der Waals surface area contributed by atoms with Crippen molar-refractivity contribution in [2.24, 2.45) is 0 Å². The molecule has 11 aromatic rings. The number of rotatable bonds is 4. The molecule has 2 nitrogen and oxygen atoms in total. The highest BCUT2D eigenvalue weighted by atomic mass is 32.1. The van der Waals surface area contributed by atoms with Gasteiger partial charge >= 0.3 is 0 Å². The zero-order valence-electron chi connectivity index (χ0n) is 26.8. The van der Waals surface area contributed by atoms with Crippen LogP contribution in [0.2, 0.25) is 0 Å². The Balaban J connectivity index is 1.25. The van der Waals surface area contributed by atoms with E-state index < -0.39 is 0 Å². The van der Waals surface area contributed by atoms with Gasteiger partial charge in [-0.15, -0.1) is 22.7 Å². The van der Waals surface area contributed by atoms with Crippen LogP contribution < -0.4 is 4.90 Å². The Kier molecular flexibility index (Phi) is 6.03. The second-order valence-electron chi connectivity index (χ2n) is 12.8. The molecular weight excluding hydrogens is 647 g/mol. The van der Waals surface area contributed by atoms with Crippen molar-refractivity contribution in [3.05, 3.63) is 164 Å². The van der Waals surface area contributed by atoms with Crippen molar-refractivity contribution < 1.29 is 4.42 Å². The quantitative estimate of drug-likeness (QED) is 0.185. The Labute approximate surface area is 295 Å². The van der Waals surface area contributed by atoms with Gasteiger partial charge in [-0.25, -0.2) is 0 Å². The highest BCUT2D eigenvalue weighted by Gasteiger charge is 2.24. The second-order valence-corrected chi connectivity index (χ2v) is 15.0. The monoisotopic (exact) mass is 673 g/mol. The highest BCUT2D eigenvalue weighted by Crippen LogP contribution is 2.51.